The Labute approximate surface area is 190 Å². The third kappa shape index (κ3) is 3.09. The Bertz CT molecular complexity index is 1350. The molecule has 1 N–H and O–H groups in total. The Hall–Kier alpha value is -2.98. The van der Waals surface area contributed by atoms with Crippen LogP contribution in [0.15, 0.2) is 91.0 Å². The van der Waals surface area contributed by atoms with Crippen LogP contribution in [0.1, 0.15) is 29.0 Å². The van der Waals surface area contributed by atoms with E-state index in [0.717, 1.165) is 28.1 Å². The summed E-state index contributed by atoms with van der Waals surface area (Å²) < 4.78 is 6.43. The summed E-state index contributed by atoms with van der Waals surface area (Å²) in [4.78, 5) is 0. The highest BCUT2D eigenvalue weighted by Crippen LogP contribution is 2.47. The van der Waals surface area contributed by atoms with E-state index in [0.29, 0.717) is 10.0 Å². The Morgan fingerprint density at radius 2 is 1.61 bits per heavy atom. The molecule has 5 heteroatoms. The van der Waals surface area contributed by atoms with Gasteiger partial charge in [-0.2, -0.15) is 5.01 Å². The molecule has 0 aliphatic carbocycles. The highest BCUT2D eigenvalue weighted by Gasteiger charge is 2.40. The maximum absolute atomic E-state index is 6.58. The molecule has 6 rings (SSSR count). The van der Waals surface area contributed by atoms with E-state index in [1.54, 1.807) is 6.07 Å². The van der Waals surface area contributed by atoms with Crippen LogP contribution in [0.2, 0.25) is 10.0 Å². The minimum absolute atomic E-state index is 0.00987. The molecule has 0 fully saturated rings. The molecule has 3 nitrogen and oxygen atoms in total. The lowest BCUT2D eigenvalue weighted by molar-refractivity contribution is -0.0325. The molecular weight excluding hydrogens is 427 g/mol. The fraction of sp³-hybridized carbons (Fsp3) is 0.0769. The number of nitrogens with one attached hydrogen (secondary N) is 1. The number of benzene rings is 4. The van der Waals surface area contributed by atoms with Gasteiger partial charge in [0.1, 0.15) is 5.75 Å². The average Bonchev–Trinajstić information content (AvgIpc) is 3.24. The van der Waals surface area contributed by atoms with E-state index in [1.165, 1.54) is 10.8 Å². The summed E-state index contributed by atoms with van der Waals surface area (Å²) in [5, 5.41) is 5.72. The molecule has 2 atom stereocenters. The molecule has 2 aliphatic heterocycles. The Morgan fingerprint density at radius 3 is 2.52 bits per heavy atom. The lowest BCUT2D eigenvalue weighted by Crippen LogP contribution is -2.43. The van der Waals surface area contributed by atoms with E-state index < -0.39 is 6.23 Å². The summed E-state index contributed by atoms with van der Waals surface area (Å²) in [7, 11) is 0. The number of fused-ring (bicyclic) bond motifs is 4. The van der Waals surface area contributed by atoms with Gasteiger partial charge in [-0.1, -0.05) is 89.9 Å². The number of rotatable bonds is 2. The summed E-state index contributed by atoms with van der Waals surface area (Å²) >= 11 is 12.7. The van der Waals surface area contributed by atoms with Crippen LogP contribution in [-0.2, 0) is 0 Å². The quantitative estimate of drug-likeness (QED) is 0.355. The van der Waals surface area contributed by atoms with Crippen LogP contribution in [0.4, 0.5) is 0 Å². The van der Waals surface area contributed by atoms with Crippen molar-refractivity contribution >= 4 is 39.7 Å². The van der Waals surface area contributed by atoms with Crippen molar-refractivity contribution in [1.29, 1.82) is 0 Å². The second kappa shape index (κ2) is 7.31. The van der Waals surface area contributed by atoms with Crippen molar-refractivity contribution in [2.75, 3.05) is 0 Å². The highest BCUT2D eigenvalue weighted by molar-refractivity contribution is 6.35. The maximum Gasteiger partial charge on any atom is 0.197 e. The largest absolute Gasteiger partial charge is 0.469 e. The fourth-order valence-electron chi connectivity index (χ4n) is 4.46. The molecule has 0 amide bonds. The Kier molecular flexibility index (Phi) is 4.43. The molecule has 0 unspecified atom stereocenters. The summed E-state index contributed by atoms with van der Waals surface area (Å²) in [6.45, 7) is 0. The zero-order chi connectivity index (χ0) is 20.9. The molecule has 4 aromatic carbocycles. The van der Waals surface area contributed by atoms with Gasteiger partial charge in [0.15, 0.2) is 6.23 Å². The van der Waals surface area contributed by atoms with Crippen molar-refractivity contribution in [2.24, 2.45) is 0 Å². The van der Waals surface area contributed by atoms with Crippen LogP contribution >= 0.6 is 23.2 Å². The van der Waals surface area contributed by atoms with Crippen LogP contribution < -0.4 is 10.2 Å². The smallest absolute Gasteiger partial charge is 0.197 e. The molecule has 0 spiro atoms. The van der Waals surface area contributed by atoms with E-state index in [1.807, 2.05) is 30.3 Å². The first-order valence-electron chi connectivity index (χ1n) is 10.1. The van der Waals surface area contributed by atoms with Crippen molar-refractivity contribution < 1.29 is 4.74 Å². The fourth-order valence-corrected chi connectivity index (χ4v) is 4.96. The van der Waals surface area contributed by atoms with Crippen LogP contribution in [0, 0.1) is 0 Å². The maximum atomic E-state index is 6.58. The zero-order valence-electron chi connectivity index (χ0n) is 16.4. The first-order chi connectivity index (χ1) is 15.2. The van der Waals surface area contributed by atoms with Gasteiger partial charge in [0, 0.05) is 21.7 Å². The van der Waals surface area contributed by atoms with Crippen molar-refractivity contribution in [3.63, 3.8) is 0 Å². The van der Waals surface area contributed by atoms with E-state index in [2.05, 4.69) is 65.0 Å². The molecule has 4 aromatic rings. The molecular formula is C26H18Cl2N2O. The number of para-hydroxylation sites is 1. The van der Waals surface area contributed by atoms with Gasteiger partial charge in [0.2, 0.25) is 0 Å². The van der Waals surface area contributed by atoms with E-state index in [4.69, 9.17) is 27.9 Å². The Morgan fingerprint density at radius 1 is 0.806 bits per heavy atom. The number of hydrogen-bond donors (Lipinski definition) is 1. The van der Waals surface area contributed by atoms with E-state index >= 15 is 0 Å². The van der Waals surface area contributed by atoms with Crippen molar-refractivity contribution in [1.82, 2.24) is 10.4 Å². The third-order valence-electron chi connectivity index (χ3n) is 5.91. The van der Waals surface area contributed by atoms with E-state index in [9.17, 15) is 0 Å². The first kappa shape index (κ1) is 18.8. The van der Waals surface area contributed by atoms with Crippen molar-refractivity contribution in [3.8, 4) is 5.75 Å². The first-order valence-corrected chi connectivity index (χ1v) is 10.9. The molecule has 152 valence electrons. The number of hydrogen-bond acceptors (Lipinski definition) is 3. The summed E-state index contributed by atoms with van der Waals surface area (Å²) in [5.41, 5.74) is 7.81. The van der Waals surface area contributed by atoms with Gasteiger partial charge >= 0.3 is 0 Å². The van der Waals surface area contributed by atoms with Crippen LogP contribution in [-0.4, -0.2) is 5.01 Å². The summed E-state index contributed by atoms with van der Waals surface area (Å²) in [6, 6.07) is 28.5. The number of ether oxygens (including phenoxy) is 1. The minimum atomic E-state index is -0.395. The van der Waals surface area contributed by atoms with Crippen LogP contribution in [0.25, 0.3) is 16.5 Å². The molecule has 2 aliphatic rings. The van der Waals surface area contributed by atoms with Crippen molar-refractivity contribution in [2.45, 2.75) is 12.3 Å². The average molecular weight is 445 g/mol. The molecule has 0 saturated carbocycles. The van der Waals surface area contributed by atoms with Gasteiger partial charge in [-0.3, -0.25) is 0 Å². The number of hydrazine groups is 1. The summed E-state index contributed by atoms with van der Waals surface area (Å²) in [5.74, 6) is 0.858. The second-order valence-electron chi connectivity index (χ2n) is 7.74. The monoisotopic (exact) mass is 444 g/mol. The molecule has 0 radical (unpaired) electrons. The van der Waals surface area contributed by atoms with Gasteiger partial charge in [-0.25, -0.2) is 0 Å². The normalized spacial score (nSPS) is 19.9. The van der Waals surface area contributed by atoms with Gasteiger partial charge in [-0.15, -0.1) is 0 Å². The third-order valence-corrected chi connectivity index (χ3v) is 6.47. The zero-order valence-corrected chi connectivity index (χ0v) is 17.9. The Balaban J connectivity index is 1.49. The predicted octanol–water partition coefficient (Wildman–Crippen LogP) is 7.14. The highest BCUT2D eigenvalue weighted by atomic mass is 35.5. The second-order valence-corrected chi connectivity index (χ2v) is 8.59. The van der Waals surface area contributed by atoms with E-state index in [-0.39, 0.29) is 6.04 Å². The minimum Gasteiger partial charge on any atom is -0.469 e. The van der Waals surface area contributed by atoms with Crippen molar-refractivity contribution in [3.05, 3.63) is 118 Å². The topological polar surface area (TPSA) is 24.5 Å². The number of nitrogens with zero attached hydrogens (tertiary/aromatic N) is 1. The van der Waals surface area contributed by atoms with Gasteiger partial charge in [0.25, 0.3) is 0 Å². The molecule has 0 bridgehead atoms. The van der Waals surface area contributed by atoms with Gasteiger partial charge in [0.05, 0.1) is 16.8 Å². The molecule has 2 heterocycles. The standard InChI is InChI=1S/C26H18Cl2N2O/c27-17-12-13-20(22(28)14-17)26-30-24(21-9-3-4-11-25(21)31-26)15-23(29-30)19-10-5-7-16-6-1-2-8-18(16)19/h1-15,24,26,29H/t24-,26-/m1/s1. The van der Waals surface area contributed by atoms with Crippen LogP contribution in [0.5, 0.6) is 5.75 Å². The van der Waals surface area contributed by atoms with Gasteiger partial charge in [-0.05, 0) is 35.0 Å². The number of halogens is 2. The molecule has 0 saturated heterocycles. The SMILES string of the molecule is Clc1ccc([C@H]2Oc3ccccc3[C@H]3C=C(c4cccc5ccccc45)NN32)c(Cl)c1. The molecule has 0 aromatic heterocycles. The predicted molar refractivity (Wildman–Crippen MR) is 126 cm³/mol. The summed E-state index contributed by atoms with van der Waals surface area (Å²) in [6.07, 6.45) is 1.87. The lowest BCUT2D eigenvalue weighted by atomic mass is 9.99. The van der Waals surface area contributed by atoms with Gasteiger partial charge < -0.3 is 10.2 Å². The van der Waals surface area contributed by atoms with Crippen LogP contribution in [0.3, 0.4) is 0 Å². The lowest BCUT2D eigenvalue weighted by Gasteiger charge is -2.39. The molecule has 31 heavy (non-hydrogen) atoms.